The van der Waals surface area contributed by atoms with Crippen molar-refractivity contribution < 1.29 is 18.9 Å². The SMILES string of the molecule is COc1c2cc(C(C)(C)C)cc1Sc1cc(C(C)(C)C)cc(c1OCCCBr)Sc1cc(C(C)(C)C)cc(c1OC)Sc1cc(C(C)(C)C)cc(c1OCCCBr)S2. The average Bonchev–Trinajstić information content (AvgIpc) is 3.11. The molecule has 5 rings (SSSR count). The van der Waals surface area contributed by atoms with Gasteiger partial charge in [0.05, 0.1) is 66.6 Å². The molecule has 0 saturated carbocycles. The molecule has 8 bridgehead atoms. The lowest BCUT2D eigenvalue weighted by Crippen LogP contribution is -2.13. The highest BCUT2D eigenvalue weighted by Gasteiger charge is 2.30. The lowest BCUT2D eigenvalue weighted by Gasteiger charge is -2.28. The van der Waals surface area contributed by atoms with Crippen molar-refractivity contribution >= 4 is 78.9 Å². The number of ether oxygens (including phenoxy) is 4. The first-order valence-corrected chi connectivity index (χ1v) is 25.5. The topological polar surface area (TPSA) is 36.9 Å². The van der Waals surface area contributed by atoms with Crippen LogP contribution in [0.25, 0.3) is 0 Å². The third kappa shape index (κ3) is 11.5. The predicted molar refractivity (Wildman–Crippen MR) is 258 cm³/mol. The van der Waals surface area contributed by atoms with E-state index >= 15 is 0 Å². The lowest BCUT2D eigenvalue weighted by atomic mass is 9.87. The molecule has 0 radical (unpaired) electrons. The number of fused-ring (bicyclic) bond motifs is 8. The highest BCUT2D eigenvalue weighted by molar-refractivity contribution is 9.09. The van der Waals surface area contributed by atoms with Crippen molar-refractivity contribution in [2.24, 2.45) is 0 Å². The van der Waals surface area contributed by atoms with Crippen LogP contribution in [0.15, 0.2) is 87.7 Å². The van der Waals surface area contributed by atoms with Gasteiger partial charge >= 0.3 is 0 Å². The fraction of sp³-hybridized carbons (Fsp3) is 0.500. The van der Waals surface area contributed by atoms with Crippen LogP contribution in [0.1, 0.15) is 118 Å². The number of methoxy groups -OCH3 is 2. The highest BCUT2D eigenvalue weighted by Crippen LogP contribution is 2.56. The van der Waals surface area contributed by atoms with Crippen molar-refractivity contribution in [2.45, 2.75) is 157 Å². The first-order chi connectivity index (χ1) is 27.1. The molecular formula is C48H62Br2O4S4. The molecule has 316 valence electrons. The average molecular weight is 991 g/mol. The molecule has 0 atom stereocenters. The van der Waals surface area contributed by atoms with Crippen LogP contribution in [0.5, 0.6) is 23.0 Å². The van der Waals surface area contributed by atoms with Crippen LogP contribution in [0.3, 0.4) is 0 Å². The molecule has 4 aromatic carbocycles. The lowest BCUT2D eigenvalue weighted by molar-refractivity contribution is 0.303. The Morgan fingerprint density at radius 2 is 0.586 bits per heavy atom. The molecule has 58 heavy (non-hydrogen) atoms. The van der Waals surface area contributed by atoms with E-state index in [9.17, 15) is 0 Å². The Morgan fingerprint density at radius 3 is 0.759 bits per heavy atom. The molecule has 1 aliphatic heterocycles. The van der Waals surface area contributed by atoms with Gasteiger partial charge in [-0.05, 0) is 105 Å². The Kier molecular flexibility index (Phi) is 15.7. The van der Waals surface area contributed by atoms with E-state index in [2.05, 4.69) is 163 Å². The van der Waals surface area contributed by atoms with Gasteiger partial charge < -0.3 is 18.9 Å². The van der Waals surface area contributed by atoms with E-state index < -0.39 is 0 Å². The zero-order chi connectivity index (χ0) is 42.8. The first-order valence-electron chi connectivity index (χ1n) is 20.0. The van der Waals surface area contributed by atoms with Crippen LogP contribution in [0.4, 0.5) is 0 Å². The summed E-state index contributed by atoms with van der Waals surface area (Å²) in [7, 11) is 3.59. The normalized spacial score (nSPS) is 13.7. The van der Waals surface area contributed by atoms with Crippen LogP contribution in [0, 0.1) is 0 Å². The van der Waals surface area contributed by atoms with E-state index in [0.717, 1.165) is 85.7 Å². The van der Waals surface area contributed by atoms with E-state index in [1.54, 1.807) is 61.3 Å². The van der Waals surface area contributed by atoms with Gasteiger partial charge in [0.1, 0.15) is 23.0 Å². The van der Waals surface area contributed by atoms with Crippen molar-refractivity contribution in [3.8, 4) is 23.0 Å². The maximum Gasteiger partial charge on any atom is 0.147 e. The van der Waals surface area contributed by atoms with Crippen molar-refractivity contribution in [2.75, 3.05) is 38.1 Å². The second-order valence-electron chi connectivity index (χ2n) is 18.8. The summed E-state index contributed by atoms with van der Waals surface area (Å²) in [4.78, 5) is 8.46. The number of rotatable bonds is 10. The maximum atomic E-state index is 6.87. The molecule has 0 aliphatic carbocycles. The van der Waals surface area contributed by atoms with E-state index in [1.807, 2.05) is 0 Å². The fourth-order valence-electron chi connectivity index (χ4n) is 6.26. The third-order valence-corrected chi connectivity index (χ3v) is 15.2. The summed E-state index contributed by atoms with van der Waals surface area (Å²) in [6.07, 6.45) is 1.77. The zero-order valence-electron chi connectivity index (χ0n) is 36.9. The molecule has 4 aromatic rings. The molecule has 4 nitrogen and oxygen atoms in total. The van der Waals surface area contributed by atoms with E-state index in [1.165, 1.54) is 22.3 Å². The van der Waals surface area contributed by atoms with Crippen LogP contribution in [-0.2, 0) is 21.7 Å². The van der Waals surface area contributed by atoms with Crippen LogP contribution < -0.4 is 18.9 Å². The molecule has 0 fully saturated rings. The Morgan fingerprint density at radius 1 is 0.379 bits per heavy atom. The smallest absolute Gasteiger partial charge is 0.147 e. The van der Waals surface area contributed by atoms with Gasteiger partial charge in [0.15, 0.2) is 0 Å². The van der Waals surface area contributed by atoms with Gasteiger partial charge in [0.25, 0.3) is 0 Å². The van der Waals surface area contributed by atoms with Gasteiger partial charge in [-0.3, -0.25) is 0 Å². The predicted octanol–water partition coefficient (Wildman–Crippen LogP) is 16.1. The molecule has 0 amide bonds. The second-order valence-corrected chi connectivity index (χ2v) is 24.7. The van der Waals surface area contributed by atoms with E-state index in [4.69, 9.17) is 18.9 Å². The van der Waals surface area contributed by atoms with Crippen LogP contribution in [0.2, 0.25) is 0 Å². The molecule has 0 unspecified atom stereocenters. The van der Waals surface area contributed by atoms with E-state index in [-0.39, 0.29) is 21.7 Å². The summed E-state index contributed by atoms with van der Waals surface area (Å²) in [5, 5.41) is 1.72. The summed E-state index contributed by atoms with van der Waals surface area (Å²) < 4.78 is 26.6. The van der Waals surface area contributed by atoms with Crippen molar-refractivity contribution in [3.63, 3.8) is 0 Å². The minimum absolute atomic E-state index is 0.116. The second kappa shape index (κ2) is 19.2. The largest absolute Gasteiger partial charge is 0.494 e. The van der Waals surface area contributed by atoms with Crippen molar-refractivity contribution in [1.82, 2.24) is 0 Å². The molecule has 0 spiro atoms. The Hall–Kier alpha value is -1.56. The Balaban J connectivity index is 1.98. The van der Waals surface area contributed by atoms with Gasteiger partial charge in [-0.15, -0.1) is 0 Å². The maximum absolute atomic E-state index is 6.87. The van der Waals surface area contributed by atoms with Crippen LogP contribution >= 0.6 is 78.9 Å². The molecular weight excluding hydrogens is 929 g/mol. The molecule has 0 saturated heterocycles. The van der Waals surface area contributed by atoms with Crippen molar-refractivity contribution in [3.05, 3.63) is 70.8 Å². The Labute approximate surface area is 383 Å². The van der Waals surface area contributed by atoms with Gasteiger partial charge in [0.2, 0.25) is 0 Å². The standard InChI is InChI=1S/C48H62Br2O4S4/c1-45(2,3)29-21-33-41(51-13)34(22-29)56-38-26-32(48(10,11)12)28-40(44(38)54-20-16-18-50)58-36-24-30(46(4,5)6)23-35(42(36)52-14)57-39-27-31(47(7,8)9)25-37(55-33)43(39)53-19-15-17-49/h21-28H,15-20H2,1-14H3. The fourth-order valence-corrected chi connectivity index (χ4v) is 11.6. The minimum atomic E-state index is -0.116. The number of hydrogen-bond donors (Lipinski definition) is 0. The number of halogens is 2. The van der Waals surface area contributed by atoms with E-state index in [0.29, 0.717) is 13.2 Å². The summed E-state index contributed by atoms with van der Waals surface area (Å²) in [5.41, 5.74) is 4.49. The first kappa shape index (κ1) is 47.5. The van der Waals surface area contributed by atoms with Crippen LogP contribution in [-0.4, -0.2) is 38.1 Å². The molecule has 1 heterocycles. The highest BCUT2D eigenvalue weighted by atomic mass is 79.9. The Bertz CT molecular complexity index is 1840. The summed E-state index contributed by atoms with van der Waals surface area (Å²) in [5.74, 6) is 3.46. The zero-order valence-corrected chi connectivity index (χ0v) is 43.3. The third-order valence-electron chi connectivity index (χ3n) is 9.88. The number of hydrogen-bond acceptors (Lipinski definition) is 8. The minimum Gasteiger partial charge on any atom is -0.494 e. The van der Waals surface area contributed by atoms with Crippen molar-refractivity contribution in [1.29, 1.82) is 0 Å². The van der Waals surface area contributed by atoms with Gasteiger partial charge in [-0.1, -0.05) is 162 Å². The molecule has 10 heteroatoms. The quantitative estimate of drug-likeness (QED) is 0.101. The summed E-state index contributed by atoms with van der Waals surface area (Å²) in [6, 6.07) is 18.6. The van der Waals surface area contributed by atoms with Gasteiger partial charge in [-0.25, -0.2) is 0 Å². The summed E-state index contributed by atoms with van der Waals surface area (Å²) >= 11 is 14.2. The van der Waals surface area contributed by atoms with Gasteiger partial charge in [-0.2, -0.15) is 0 Å². The molecule has 0 aromatic heterocycles. The number of alkyl halides is 2. The molecule has 1 aliphatic rings. The summed E-state index contributed by atoms with van der Waals surface area (Å²) in [6.45, 7) is 28.6. The number of benzene rings is 4. The monoisotopic (exact) mass is 988 g/mol. The molecule has 0 N–H and O–H groups in total. The van der Waals surface area contributed by atoms with Gasteiger partial charge in [0, 0.05) is 10.7 Å².